The number of rotatable bonds is 10. The first kappa shape index (κ1) is 24.0. The van der Waals surface area contributed by atoms with Crippen molar-refractivity contribution in [1.29, 1.82) is 0 Å². The number of para-hydroxylation sites is 1. The molecule has 1 amide bonds. The molecule has 0 unspecified atom stereocenters. The van der Waals surface area contributed by atoms with Crippen LogP contribution in [-0.4, -0.2) is 44.9 Å². The van der Waals surface area contributed by atoms with E-state index in [0.29, 0.717) is 15.9 Å². The maximum Gasteiger partial charge on any atom is 0.259 e. The lowest BCUT2D eigenvalue weighted by atomic mass is 9.93. The second-order valence-corrected chi connectivity index (χ2v) is 10.7. The molecule has 2 atom stereocenters. The van der Waals surface area contributed by atoms with Gasteiger partial charge in [0.2, 0.25) is 5.13 Å². The summed E-state index contributed by atoms with van der Waals surface area (Å²) in [4.78, 5) is 26.7. The number of anilines is 1. The number of carbonyl (C=O) groups excluding carboxylic acids is 1. The van der Waals surface area contributed by atoms with E-state index in [1.807, 2.05) is 54.7 Å². The number of thioether (sulfide) groups is 1. The molecule has 5 rings (SSSR count). The van der Waals surface area contributed by atoms with Crippen LogP contribution in [0.15, 0.2) is 71.1 Å². The van der Waals surface area contributed by atoms with Gasteiger partial charge in [-0.15, -0.1) is 11.8 Å². The fourth-order valence-corrected chi connectivity index (χ4v) is 6.05. The van der Waals surface area contributed by atoms with Crippen LogP contribution in [0.25, 0.3) is 10.2 Å². The van der Waals surface area contributed by atoms with Crippen molar-refractivity contribution < 1.29 is 4.79 Å². The number of hydrogen-bond acceptors (Lipinski definition) is 7. The van der Waals surface area contributed by atoms with E-state index in [1.54, 1.807) is 18.1 Å². The van der Waals surface area contributed by atoms with Gasteiger partial charge in [0.25, 0.3) is 5.91 Å². The number of amides is 1. The number of benzene rings is 2. The molecule has 2 aromatic carbocycles. The highest BCUT2D eigenvalue weighted by molar-refractivity contribution is 8.00. The lowest BCUT2D eigenvalue weighted by Gasteiger charge is -2.23. The van der Waals surface area contributed by atoms with Gasteiger partial charge in [-0.1, -0.05) is 42.0 Å². The lowest BCUT2D eigenvalue weighted by molar-refractivity contribution is -0.120. The Morgan fingerprint density at radius 3 is 2.80 bits per heavy atom. The van der Waals surface area contributed by atoms with E-state index in [1.165, 1.54) is 16.3 Å². The number of aromatic nitrogens is 3. The maximum absolute atomic E-state index is 13.7. The number of carbonyl (C=O) groups is 1. The van der Waals surface area contributed by atoms with Crippen molar-refractivity contribution in [3.63, 3.8) is 0 Å². The molecule has 0 saturated carbocycles. The highest BCUT2D eigenvalue weighted by Crippen LogP contribution is 2.34. The van der Waals surface area contributed by atoms with Crippen molar-refractivity contribution in [3.8, 4) is 0 Å². The normalized spacial score (nSPS) is 16.7. The minimum absolute atomic E-state index is 0.0309. The fraction of sp³-hybridized carbons (Fsp3) is 0.280. The Morgan fingerprint density at radius 1 is 1.23 bits per heavy atom. The first-order chi connectivity index (χ1) is 17.1. The molecule has 0 fully saturated rings. The van der Waals surface area contributed by atoms with Crippen LogP contribution >= 0.6 is 34.7 Å². The Morgan fingerprint density at radius 2 is 2.06 bits per heavy atom. The molecule has 1 aliphatic rings. The molecule has 180 valence electrons. The number of fused-ring (bicyclic) bond motifs is 1. The predicted octanol–water partition coefficient (Wildman–Crippen LogP) is 5.39. The molecular formula is C25H25ClN6OS2. The first-order valence-corrected chi connectivity index (χ1v) is 13.7. The Labute approximate surface area is 217 Å². The third-order valence-electron chi connectivity index (χ3n) is 5.92. The molecule has 3 heterocycles. The second-order valence-electron chi connectivity index (χ2n) is 8.22. The van der Waals surface area contributed by atoms with Gasteiger partial charge in [-0.25, -0.2) is 9.97 Å². The number of hydrazone groups is 1. The molecule has 2 N–H and O–H groups in total. The van der Waals surface area contributed by atoms with Crippen LogP contribution in [0, 0.1) is 5.92 Å². The average molecular weight is 525 g/mol. The maximum atomic E-state index is 13.7. The summed E-state index contributed by atoms with van der Waals surface area (Å²) in [6, 6.07) is 15.6. The minimum Gasteiger partial charge on any atom is -0.348 e. The lowest BCUT2D eigenvalue weighted by Crippen LogP contribution is -2.45. The first-order valence-electron chi connectivity index (χ1n) is 11.5. The molecule has 35 heavy (non-hydrogen) atoms. The van der Waals surface area contributed by atoms with Gasteiger partial charge in [0, 0.05) is 46.6 Å². The Balaban J connectivity index is 1.38. The molecule has 7 nitrogen and oxygen atoms in total. The largest absolute Gasteiger partial charge is 0.348 e. The molecular weight excluding hydrogens is 500 g/mol. The molecule has 0 saturated heterocycles. The Kier molecular flexibility index (Phi) is 7.48. The smallest absolute Gasteiger partial charge is 0.259 e. The van der Waals surface area contributed by atoms with Crippen LogP contribution in [0.3, 0.4) is 0 Å². The van der Waals surface area contributed by atoms with Gasteiger partial charge >= 0.3 is 0 Å². The zero-order valence-electron chi connectivity index (χ0n) is 19.1. The van der Waals surface area contributed by atoms with Gasteiger partial charge in [-0.05, 0) is 42.8 Å². The summed E-state index contributed by atoms with van der Waals surface area (Å²) in [6.07, 6.45) is 5.12. The van der Waals surface area contributed by atoms with Gasteiger partial charge in [-0.3, -0.25) is 4.79 Å². The van der Waals surface area contributed by atoms with Crippen LogP contribution in [0.5, 0.6) is 0 Å². The van der Waals surface area contributed by atoms with Gasteiger partial charge < -0.3 is 10.3 Å². The summed E-state index contributed by atoms with van der Waals surface area (Å²) in [7, 11) is 0. The predicted molar refractivity (Wildman–Crippen MR) is 145 cm³/mol. The molecule has 0 aliphatic carbocycles. The van der Waals surface area contributed by atoms with E-state index >= 15 is 0 Å². The van der Waals surface area contributed by atoms with Crippen molar-refractivity contribution in [3.05, 3.63) is 71.8 Å². The highest BCUT2D eigenvalue weighted by atomic mass is 35.5. The minimum atomic E-state index is -0.353. The van der Waals surface area contributed by atoms with Gasteiger partial charge in [0.05, 0.1) is 28.2 Å². The van der Waals surface area contributed by atoms with Crippen molar-refractivity contribution in [2.24, 2.45) is 11.0 Å². The summed E-state index contributed by atoms with van der Waals surface area (Å²) >= 11 is 9.19. The average Bonchev–Trinajstić information content (AvgIpc) is 3.61. The quantitative estimate of drug-likeness (QED) is 0.271. The third kappa shape index (κ3) is 5.43. The van der Waals surface area contributed by atoms with E-state index < -0.39 is 0 Å². The number of aromatic amines is 1. The highest BCUT2D eigenvalue weighted by Gasteiger charge is 2.42. The monoisotopic (exact) mass is 524 g/mol. The SMILES string of the molecule is CC[C@@H](NCCc1cnc[nH]1)[C@@H]1C(=O)N(c2nc3ccccc3s2)N=C1CSc1ccc(Cl)cc1. The van der Waals surface area contributed by atoms with E-state index in [4.69, 9.17) is 16.7 Å². The second kappa shape index (κ2) is 10.9. The zero-order valence-corrected chi connectivity index (χ0v) is 21.5. The Bertz CT molecular complexity index is 1290. The molecule has 4 aromatic rings. The number of nitrogens with zero attached hydrogens (tertiary/aromatic N) is 4. The summed E-state index contributed by atoms with van der Waals surface area (Å²) in [6.45, 7) is 2.84. The van der Waals surface area contributed by atoms with E-state index in [9.17, 15) is 4.79 Å². The number of imidazole rings is 1. The van der Waals surface area contributed by atoms with E-state index in [-0.39, 0.29) is 17.9 Å². The number of H-pyrrole nitrogens is 1. The summed E-state index contributed by atoms with van der Waals surface area (Å²) in [5.41, 5.74) is 2.80. The van der Waals surface area contributed by atoms with Crippen LogP contribution < -0.4 is 10.3 Å². The number of halogens is 1. The molecule has 2 aromatic heterocycles. The molecule has 0 radical (unpaired) electrons. The summed E-state index contributed by atoms with van der Waals surface area (Å²) in [5.74, 6) is 0.225. The molecule has 0 bridgehead atoms. The fourth-order valence-electron chi connectivity index (χ4n) is 4.12. The summed E-state index contributed by atoms with van der Waals surface area (Å²) < 4.78 is 1.04. The third-order valence-corrected chi connectivity index (χ3v) is 8.23. The van der Waals surface area contributed by atoms with Crippen molar-refractivity contribution in [2.75, 3.05) is 17.3 Å². The molecule has 10 heteroatoms. The van der Waals surface area contributed by atoms with Crippen molar-refractivity contribution >= 4 is 61.7 Å². The van der Waals surface area contributed by atoms with Crippen molar-refractivity contribution in [1.82, 2.24) is 20.3 Å². The standard InChI is InChI=1S/C25H25ClN6OS2/c1-2-19(28-12-11-17-13-27-15-29-17)23-21(14-34-18-9-7-16(26)8-10-18)31-32(24(23)33)25-30-20-5-3-4-6-22(20)35-25/h3-10,13,15,19,23,28H,2,11-12,14H2,1H3,(H,27,29)/t19-,23+/m1/s1. The van der Waals surface area contributed by atoms with Crippen LogP contribution in [0.1, 0.15) is 19.0 Å². The van der Waals surface area contributed by atoms with E-state index in [2.05, 4.69) is 27.2 Å². The molecule has 0 spiro atoms. The molecule has 1 aliphatic heterocycles. The topological polar surface area (TPSA) is 86.3 Å². The Hall–Kier alpha value is -2.72. The van der Waals surface area contributed by atoms with E-state index in [0.717, 1.165) is 45.9 Å². The van der Waals surface area contributed by atoms with Crippen LogP contribution in [0.4, 0.5) is 5.13 Å². The van der Waals surface area contributed by atoms with Crippen LogP contribution in [-0.2, 0) is 11.2 Å². The van der Waals surface area contributed by atoms with Crippen molar-refractivity contribution in [2.45, 2.75) is 30.7 Å². The van der Waals surface area contributed by atoms with Gasteiger partial charge in [0.15, 0.2) is 0 Å². The number of hydrogen-bond donors (Lipinski definition) is 2. The number of nitrogens with one attached hydrogen (secondary N) is 2. The summed E-state index contributed by atoms with van der Waals surface area (Å²) in [5, 5.41) is 11.2. The number of thiazole rings is 1. The zero-order chi connectivity index (χ0) is 24.2. The van der Waals surface area contributed by atoms with Crippen LogP contribution in [0.2, 0.25) is 5.02 Å². The van der Waals surface area contributed by atoms with Gasteiger partial charge in [-0.2, -0.15) is 10.1 Å². The van der Waals surface area contributed by atoms with Gasteiger partial charge in [0.1, 0.15) is 0 Å².